The van der Waals surface area contributed by atoms with E-state index in [0.717, 1.165) is 16.0 Å². The molecule has 4 rings (SSSR count). The average Bonchev–Trinajstić information content (AvgIpc) is 3.27. The number of imide groups is 1. The van der Waals surface area contributed by atoms with E-state index in [1.807, 2.05) is 19.9 Å². The van der Waals surface area contributed by atoms with Gasteiger partial charge in [-0.1, -0.05) is 23.4 Å². The summed E-state index contributed by atoms with van der Waals surface area (Å²) in [6.45, 7) is 5.34. The predicted octanol–water partition coefficient (Wildman–Crippen LogP) is 2.41. The van der Waals surface area contributed by atoms with Gasteiger partial charge in [0.25, 0.3) is 11.8 Å². The smallest absolute Gasteiger partial charge is 0.340 e. The molecular weight excluding hydrogens is 426 g/mol. The van der Waals surface area contributed by atoms with Gasteiger partial charge in [0.05, 0.1) is 23.5 Å². The molecule has 0 aliphatic carbocycles. The third-order valence-corrected chi connectivity index (χ3v) is 5.32. The molecule has 33 heavy (non-hydrogen) atoms. The number of hydrogen-bond acceptors (Lipinski definition) is 8. The lowest BCUT2D eigenvalue weighted by atomic mass is 10.1. The first-order valence-corrected chi connectivity index (χ1v) is 10.5. The molecule has 2 aliphatic heterocycles. The SMILES string of the molecule is CCOC(=O)c1ccccc1NC(=O)CN1N=N[C@H]2C(=O)N(c3cc(C)cc(C)c3)C(=O)[C@@H]21. The van der Waals surface area contributed by atoms with E-state index in [4.69, 9.17) is 4.74 Å². The Morgan fingerprint density at radius 3 is 2.45 bits per heavy atom. The maximum atomic E-state index is 13.1. The third kappa shape index (κ3) is 4.19. The van der Waals surface area contributed by atoms with Gasteiger partial charge < -0.3 is 10.1 Å². The van der Waals surface area contributed by atoms with Crippen molar-refractivity contribution in [2.45, 2.75) is 32.9 Å². The Hall–Kier alpha value is -4.08. The van der Waals surface area contributed by atoms with Crippen molar-refractivity contribution in [3.63, 3.8) is 0 Å². The summed E-state index contributed by atoms with van der Waals surface area (Å²) in [5.74, 6) is -2.04. The van der Waals surface area contributed by atoms with Gasteiger partial charge in [0.1, 0.15) is 6.54 Å². The molecule has 2 atom stereocenters. The predicted molar refractivity (Wildman–Crippen MR) is 119 cm³/mol. The summed E-state index contributed by atoms with van der Waals surface area (Å²) in [4.78, 5) is 52.0. The van der Waals surface area contributed by atoms with Crippen LogP contribution in [0.2, 0.25) is 0 Å². The van der Waals surface area contributed by atoms with Gasteiger partial charge in [-0.2, -0.15) is 5.11 Å². The van der Waals surface area contributed by atoms with Crippen molar-refractivity contribution in [1.82, 2.24) is 5.01 Å². The number of nitrogens with zero attached hydrogens (tertiary/aromatic N) is 4. The highest BCUT2D eigenvalue weighted by atomic mass is 16.5. The second-order valence-electron chi connectivity index (χ2n) is 7.86. The highest BCUT2D eigenvalue weighted by Gasteiger charge is 2.55. The highest BCUT2D eigenvalue weighted by molar-refractivity contribution is 6.25. The van der Waals surface area contributed by atoms with E-state index >= 15 is 0 Å². The van der Waals surface area contributed by atoms with Crippen molar-refractivity contribution < 1.29 is 23.9 Å². The van der Waals surface area contributed by atoms with Crippen molar-refractivity contribution >= 4 is 35.1 Å². The van der Waals surface area contributed by atoms with Crippen molar-refractivity contribution in [3.05, 3.63) is 59.2 Å². The van der Waals surface area contributed by atoms with Crippen LogP contribution >= 0.6 is 0 Å². The molecule has 0 bridgehead atoms. The number of aryl methyl sites for hydroxylation is 2. The number of hydrogen-bond donors (Lipinski definition) is 1. The lowest BCUT2D eigenvalue weighted by Gasteiger charge is -2.21. The third-order valence-electron chi connectivity index (χ3n) is 5.32. The van der Waals surface area contributed by atoms with Crippen LogP contribution in [0.4, 0.5) is 11.4 Å². The second-order valence-corrected chi connectivity index (χ2v) is 7.86. The van der Waals surface area contributed by atoms with Gasteiger partial charge in [0, 0.05) is 0 Å². The number of nitrogens with one attached hydrogen (secondary N) is 1. The van der Waals surface area contributed by atoms with Crippen LogP contribution in [0.5, 0.6) is 0 Å². The molecule has 1 saturated heterocycles. The molecule has 2 heterocycles. The number of rotatable bonds is 6. The van der Waals surface area contributed by atoms with Crippen LogP contribution in [0, 0.1) is 13.8 Å². The van der Waals surface area contributed by atoms with E-state index in [1.54, 1.807) is 43.3 Å². The molecule has 1 N–H and O–H groups in total. The summed E-state index contributed by atoms with van der Waals surface area (Å²) in [5.41, 5.74) is 2.79. The zero-order valence-corrected chi connectivity index (χ0v) is 18.4. The molecular formula is C23H23N5O5. The summed E-state index contributed by atoms with van der Waals surface area (Å²) in [6, 6.07) is 9.90. The number of ether oxygens (including phenoxy) is 1. The summed E-state index contributed by atoms with van der Waals surface area (Å²) >= 11 is 0. The molecule has 10 nitrogen and oxygen atoms in total. The summed E-state index contributed by atoms with van der Waals surface area (Å²) in [6.07, 6.45) is 0. The molecule has 2 aromatic carbocycles. The molecule has 0 spiro atoms. The van der Waals surface area contributed by atoms with Gasteiger partial charge in [-0.15, -0.1) is 0 Å². The van der Waals surface area contributed by atoms with Crippen molar-refractivity contribution in [2.24, 2.45) is 10.3 Å². The molecule has 0 aromatic heterocycles. The lowest BCUT2D eigenvalue weighted by Crippen LogP contribution is -2.43. The standard InChI is InChI=1S/C23H23N5O5/c1-4-33-23(32)16-7-5-6-8-17(16)24-18(29)12-27-20-19(25-26-27)21(30)28(22(20)31)15-10-13(2)9-14(3)11-15/h5-11,19-20H,4,12H2,1-3H3,(H,24,29)/t19-,20-/m1/s1. The van der Waals surface area contributed by atoms with Crippen molar-refractivity contribution in [2.75, 3.05) is 23.4 Å². The quantitative estimate of drug-likeness (QED) is 0.534. The zero-order valence-electron chi connectivity index (χ0n) is 18.4. The molecule has 0 saturated carbocycles. The first kappa shape index (κ1) is 22.1. The van der Waals surface area contributed by atoms with E-state index in [2.05, 4.69) is 15.7 Å². The van der Waals surface area contributed by atoms with Crippen LogP contribution < -0.4 is 10.2 Å². The summed E-state index contributed by atoms with van der Waals surface area (Å²) in [5, 5.41) is 11.7. The Kier molecular flexibility index (Phi) is 5.91. The molecule has 10 heteroatoms. The van der Waals surface area contributed by atoms with Crippen LogP contribution in [0.1, 0.15) is 28.4 Å². The van der Waals surface area contributed by atoms with Crippen LogP contribution in [0.15, 0.2) is 52.8 Å². The fourth-order valence-corrected chi connectivity index (χ4v) is 4.00. The largest absolute Gasteiger partial charge is 0.462 e. The van der Waals surface area contributed by atoms with E-state index < -0.39 is 35.8 Å². The molecule has 2 aliphatic rings. The minimum atomic E-state index is -1.00. The average molecular weight is 449 g/mol. The summed E-state index contributed by atoms with van der Waals surface area (Å²) in [7, 11) is 0. The van der Waals surface area contributed by atoms with Crippen LogP contribution in [-0.2, 0) is 19.1 Å². The zero-order chi connectivity index (χ0) is 23.7. The van der Waals surface area contributed by atoms with Crippen LogP contribution in [0.3, 0.4) is 0 Å². The monoisotopic (exact) mass is 449 g/mol. The highest BCUT2D eigenvalue weighted by Crippen LogP contribution is 2.32. The molecule has 2 aromatic rings. The Bertz CT molecular complexity index is 1160. The van der Waals surface area contributed by atoms with Gasteiger partial charge in [-0.25, -0.2) is 9.69 Å². The number of para-hydroxylation sites is 1. The number of esters is 1. The van der Waals surface area contributed by atoms with E-state index in [1.165, 1.54) is 5.01 Å². The van der Waals surface area contributed by atoms with E-state index in [9.17, 15) is 19.2 Å². The number of benzene rings is 2. The van der Waals surface area contributed by atoms with Gasteiger partial charge >= 0.3 is 5.97 Å². The Morgan fingerprint density at radius 1 is 1.06 bits per heavy atom. The van der Waals surface area contributed by atoms with Crippen LogP contribution in [0.25, 0.3) is 0 Å². The van der Waals surface area contributed by atoms with Gasteiger partial charge in [-0.3, -0.25) is 19.4 Å². The molecule has 3 amide bonds. The maximum absolute atomic E-state index is 13.1. The lowest BCUT2D eigenvalue weighted by molar-refractivity contribution is -0.123. The fraction of sp³-hybridized carbons (Fsp3) is 0.304. The number of amides is 3. The first-order chi connectivity index (χ1) is 15.8. The van der Waals surface area contributed by atoms with Gasteiger partial charge in [0.2, 0.25) is 5.91 Å². The number of fused-ring (bicyclic) bond motifs is 1. The van der Waals surface area contributed by atoms with E-state index in [-0.39, 0.29) is 24.4 Å². The minimum absolute atomic E-state index is 0.200. The number of anilines is 2. The molecule has 170 valence electrons. The Balaban J connectivity index is 1.50. The number of carbonyl (C=O) groups is 4. The minimum Gasteiger partial charge on any atom is -0.462 e. The topological polar surface area (TPSA) is 121 Å². The fourth-order valence-electron chi connectivity index (χ4n) is 4.00. The number of carbonyl (C=O) groups excluding carboxylic acids is 4. The van der Waals surface area contributed by atoms with Gasteiger partial charge in [-0.05, 0) is 56.2 Å². The van der Waals surface area contributed by atoms with Gasteiger partial charge in [0.15, 0.2) is 12.1 Å². The van der Waals surface area contributed by atoms with Crippen LogP contribution in [-0.4, -0.2) is 53.9 Å². The van der Waals surface area contributed by atoms with Crippen molar-refractivity contribution in [1.29, 1.82) is 0 Å². The Labute approximate surface area is 190 Å². The molecule has 0 radical (unpaired) electrons. The Morgan fingerprint density at radius 2 is 1.76 bits per heavy atom. The second kappa shape index (κ2) is 8.81. The first-order valence-electron chi connectivity index (χ1n) is 10.5. The van der Waals surface area contributed by atoms with E-state index in [0.29, 0.717) is 5.69 Å². The molecule has 0 unspecified atom stereocenters. The normalized spacial score (nSPS) is 19.1. The molecule has 1 fully saturated rings. The maximum Gasteiger partial charge on any atom is 0.340 e. The summed E-state index contributed by atoms with van der Waals surface area (Å²) < 4.78 is 5.01. The van der Waals surface area contributed by atoms with Crippen molar-refractivity contribution in [3.8, 4) is 0 Å².